The average Bonchev–Trinajstić information content (AvgIpc) is 2.94. The Morgan fingerprint density at radius 1 is 1.16 bits per heavy atom. The van der Waals surface area contributed by atoms with Crippen LogP contribution < -0.4 is 0 Å². The second-order valence-electron chi connectivity index (χ2n) is 5.37. The van der Waals surface area contributed by atoms with E-state index >= 15 is 0 Å². The molecular formula is C14H17NO4. The van der Waals surface area contributed by atoms with Crippen LogP contribution in [-0.4, -0.2) is 34.5 Å². The fraction of sp³-hybridized carbons (Fsp3) is 0.571. The quantitative estimate of drug-likeness (QED) is 0.908. The lowest BCUT2D eigenvalue weighted by molar-refractivity contribution is 0.0583. The van der Waals surface area contributed by atoms with E-state index in [4.69, 9.17) is 9.52 Å². The molecule has 19 heavy (non-hydrogen) atoms. The molecule has 0 bridgehead atoms. The lowest BCUT2D eigenvalue weighted by Gasteiger charge is -2.36. The molecule has 1 amide bonds. The summed E-state index contributed by atoms with van der Waals surface area (Å²) in [4.78, 5) is 25.0. The summed E-state index contributed by atoms with van der Waals surface area (Å²) in [5.41, 5.74) is 0. The maximum atomic E-state index is 12.4. The summed E-state index contributed by atoms with van der Waals surface area (Å²) in [6.45, 7) is 0.753. The summed E-state index contributed by atoms with van der Waals surface area (Å²) >= 11 is 0. The van der Waals surface area contributed by atoms with E-state index in [9.17, 15) is 9.59 Å². The zero-order chi connectivity index (χ0) is 13.4. The molecule has 0 radical (unpaired) electrons. The summed E-state index contributed by atoms with van der Waals surface area (Å²) in [6, 6.07) is 3.12. The summed E-state index contributed by atoms with van der Waals surface area (Å²) in [6.07, 6.45) is 5.75. The van der Waals surface area contributed by atoms with Gasteiger partial charge in [0.05, 0.1) is 0 Å². The number of rotatable bonds is 3. The molecule has 3 rings (SSSR count). The summed E-state index contributed by atoms with van der Waals surface area (Å²) in [5.74, 6) is -0.718. The Morgan fingerprint density at radius 2 is 1.89 bits per heavy atom. The van der Waals surface area contributed by atoms with E-state index in [-0.39, 0.29) is 17.4 Å². The van der Waals surface area contributed by atoms with E-state index in [0.717, 1.165) is 19.4 Å². The molecule has 1 atom stereocenters. The first-order chi connectivity index (χ1) is 9.16. The van der Waals surface area contributed by atoms with E-state index in [1.54, 1.807) is 0 Å². The Kier molecular flexibility index (Phi) is 3.05. The third-order valence-corrected chi connectivity index (χ3v) is 4.28. The topological polar surface area (TPSA) is 70.8 Å². The highest BCUT2D eigenvalue weighted by molar-refractivity contribution is 5.93. The first kappa shape index (κ1) is 12.3. The number of carboxylic acid groups (broad SMARTS) is 1. The molecule has 2 heterocycles. The van der Waals surface area contributed by atoms with Crippen LogP contribution in [0.3, 0.4) is 0 Å². The number of likely N-dealkylation sites (tertiary alicyclic amines) is 1. The van der Waals surface area contributed by atoms with Gasteiger partial charge in [-0.15, -0.1) is 0 Å². The van der Waals surface area contributed by atoms with E-state index in [2.05, 4.69) is 0 Å². The number of hydrogen-bond acceptors (Lipinski definition) is 3. The number of carbonyl (C=O) groups is 2. The van der Waals surface area contributed by atoms with Gasteiger partial charge in [-0.25, -0.2) is 4.79 Å². The van der Waals surface area contributed by atoms with Gasteiger partial charge >= 0.3 is 5.97 Å². The fourth-order valence-corrected chi connectivity index (χ4v) is 3.07. The Bertz CT molecular complexity index is 503. The highest BCUT2D eigenvalue weighted by Crippen LogP contribution is 2.37. The molecule has 2 fully saturated rings. The SMILES string of the molecule is O=C(O)c1ccc(C(=O)N2CCC[C@H]2C2CCC2)o1. The van der Waals surface area contributed by atoms with Crippen molar-refractivity contribution in [1.29, 1.82) is 0 Å². The third kappa shape index (κ3) is 2.13. The minimum absolute atomic E-state index is 0.142. The van der Waals surface area contributed by atoms with E-state index in [0.29, 0.717) is 12.0 Å². The number of carboxylic acids is 1. The van der Waals surface area contributed by atoms with Gasteiger partial charge in [0.25, 0.3) is 5.91 Å². The molecule has 1 aromatic rings. The highest BCUT2D eigenvalue weighted by Gasteiger charge is 2.38. The predicted molar refractivity (Wildman–Crippen MR) is 67.1 cm³/mol. The molecule has 1 aliphatic carbocycles. The lowest BCUT2D eigenvalue weighted by atomic mass is 9.79. The van der Waals surface area contributed by atoms with Crippen LogP contribution >= 0.6 is 0 Å². The van der Waals surface area contributed by atoms with Crippen molar-refractivity contribution in [3.63, 3.8) is 0 Å². The van der Waals surface area contributed by atoms with Gasteiger partial charge in [0, 0.05) is 12.6 Å². The largest absolute Gasteiger partial charge is 0.475 e. The zero-order valence-electron chi connectivity index (χ0n) is 10.7. The standard InChI is InChI=1S/C14H17NO4/c16-13(11-6-7-12(19-11)14(17)18)15-8-2-5-10(15)9-3-1-4-9/h6-7,9-10H,1-5,8H2,(H,17,18)/t10-/m0/s1. The first-order valence-corrected chi connectivity index (χ1v) is 6.81. The van der Waals surface area contributed by atoms with Crippen LogP contribution in [0, 0.1) is 5.92 Å². The maximum absolute atomic E-state index is 12.4. The van der Waals surface area contributed by atoms with Crippen LogP contribution in [0.15, 0.2) is 16.5 Å². The molecule has 0 unspecified atom stereocenters. The number of nitrogens with zero attached hydrogens (tertiary/aromatic N) is 1. The van der Waals surface area contributed by atoms with Gasteiger partial charge in [0.15, 0.2) is 5.76 Å². The molecule has 2 aliphatic rings. The number of aromatic carboxylic acids is 1. The lowest BCUT2D eigenvalue weighted by Crippen LogP contribution is -2.42. The molecular weight excluding hydrogens is 246 g/mol. The van der Waals surface area contributed by atoms with E-state index in [1.807, 2.05) is 4.90 Å². The van der Waals surface area contributed by atoms with Crippen molar-refractivity contribution in [3.8, 4) is 0 Å². The van der Waals surface area contributed by atoms with Crippen molar-refractivity contribution < 1.29 is 19.1 Å². The van der Waals surface area contributed by atoms with Gasteiger partial charge < -0.3 is 14.4 Å². The van der Waals surface area contributed by atoms with Crippen LogP contribution in [0.2, 0.25) is 0 Å². The maximum Gasteiger partial charge on any atom is 0.371 e. The normalized spacial score (nSPS) is 23.4. The molecule has 102 valence electrons. The molecule has 1 saturated carbocycles. The van der Waals surface area contributed by atoms with Crippen molar-refractivity contribution in [2.45, 2.75) is 38.1 Å². The number of furan rings is 1. The second-order valence-corrected chi connectivity index (χ2v) is 5.37. The smallest absolute Gasteiger partial charge is 0.371 e. The molecule has 1 aliphatic heterocycles. The Morgan fingerprint density at radius 3 is 2.47 bits per heavy atom. The summed E-state index contributed by atoms with van der Waals surface area (Å²) in [7, 11) is 0. The van der Waals surface area contributed by atoms with Crippen LogP contribution in [0.5, 0.6) is 0 Å². The van der Waals surface area contributed by atoms with Gasteiger partial charge in [-0.05, 0) is 43.7 Å². The predicted octanol–water partition coefficient (Wildman–Crippen LogP) is 2.38. The van der Waals surface area contributed by atoms with Crippen LogP contribution in [-0.2, 0) is 0 Å². The molecule has 5 nitrogen and oxygen atoms in total. The van der Waals surface area contributed by atoms with Crippen molar-refractivity contribution in [2.24, 2.45) is 5.92 Å². The second kappa shape index (κ2) is 4.72. The van der Waals surface area contributed by atoms with Crippen molar-refractivity contribution in [1.82, 2.24) is 4.90 Å². The molecule has 0 aromatic carbocycles. The Hall–Kier alpha value is -1.78. The molecule has 1 N–H and O–H groups in total. The first-order valence-electron chi connectivity index (χ1n) is 6.81. The number of amides is 1. The minimum atomic E-state index is -1.14. The monoisotopic (exact) mass is 263 g/mol. The highest BCUT2D eigenvalue weighted by atomic mass is 16.4. The third-order valence-electron chi connectivity index (χ3n) is 4.28. The summed E-state index contributed by atoms with van der Waals surface area (Å²) < 4.78 is 5.11. The van der Waals surface area contributed by atoms with Gasteiger partial charge in [0.1, 0.15) is 0 Å². The molecule has 1 saturated heterocycles. The van der Waals surface area contributed by atoms with E-state index in [1.165, 1.54) is 31.4 Å². The average molecular weight is 263 g/mol. The van der Waals surface area contributed by atoms with E-state index < -0.39 is 5.97 Å². The van der Waals surface area contributed by atoms with Crippen LogP contribution in [0.25, 0.3) is 0 Å². The van der Waals surface area contributed by atoms with Crippen molar-refractivity contribution in [3.05, 3.63) is 23.7 Å². The minimum Gasteiger partial charge on any atom is -0.475 e. The van der Waals surface area contributed by atoms with Gasteiger partial charge in [-0.1, -0.05) is 6.42 Å². The summed E-state index contributed by atoms with van der Waals surface area (Å²) in [5, 5.41) is 8.81. The van der Waals surface area contributed by atoms with Crippen LogP contribution in [0.4, 0.5) is 0 Å². The molecule has 0 spiro atoms. The van der Waals surface area contributed by atoms with Crippen molar-refractivity contribution >= 4 is 11.9 Å². The zero-order valence-corrected chi connectivity index (χ0v) is 10.7. The van der Waals surface area contributed by atoms with Crippen LogP contribution in [0.1, 0.15) is 53.2 Å². The van der Waals surface area contributed by atoms with Gasteiger partial charge in [0.2, 0.25) is 5.76 Å². The fourth-order valence-electron chi connectivity index (χ4n) is 3.07. The van der Waals surface area contributed by atoms with Crippen molar-refractivity contribution in [2.75, 3.05) is 6.54 Å². The molecule has 1 aromatic heterocycles. The van der Waals surface area contributed by atoms with Gasteiger partial charge in [-0.3, -0.25) is 4.79 Å². The Labute approximate surface area is 111 Å². The van der Waals surface area contributed by atoms with Gasteiger partial charge in [-0.2, -0.15) is 0 Å². The number of hydrogen-bond donors (Lipinski definition) is 1. The number of carbonyl (C=O) groups excluding carboxylic acids is 1. The Balaban J connectivity index is 1.76. The molecule has 5 heteroatoms.